The molecule has 5 heteroatoms. The van der Waals surface area contributed by atoms with Gasteiger partial charge < -0.3 is 5.32 Å². The molecule has 1 heterocycles. The lowest BCUT2D eigenvalue weighted by Gasteiger charge is -2.30. The zero-order chi connectivity index (χ0) is 23.0. The van der Waals surface area contributed by atoms with Crippen molar-refractivity contribution in [2.24, 2.45) is 0 Å². The van der Waals surface area contributed by atoms with E-state index in [1.54, 1.807) is 18.2 Å². The topological polar surface area (TPSA) is 52.7 Å². The molecule has 0 spiro atoms. The molecule has 0 aromatic heterocycles. The van der Waals surface area contributed by atoms with Gasteiger partial charge in [-0.25, -0.2) is 0 Å². The number of nitrogens with zero attached hydrogens (tertiary/aromatic N) is 2. The Hall–Kier alpha value is -3.28. The molecule has 0 radical (unpaired) electrons. The number of hydrogen-bond acceptors (Lipinski definition) is 4. The first kappa shape index (κ1) is 22.9. The van der Waals surface area contributed by atoms with Crippen LogP contribution >= 0.6 is 0 Å². The molecule has 5 nitrogen and oxygen atoms in total. The summed E-state index contributed by atoms with van der Waals surface area (Å²) >= 11 is 0. The van der Waals surface area contributed by atoms with Crippen LogP contribution in [-0.4, -0.2) is 47.7 Å². The third-order valence-corrected chi connectivity index (χ3v) is 6.14. The molecular weight excluding hydrogens is 410 g/mol. The molecule has 3 aromatic rings. The quantitative estimate of drug-likeness (QED) is 0.536. The minimum atomic E-state index is -0.385. The van der Waals surface area contributed by atoms with Crippen LogP contribution in [-0.2, 0) is 11.3 Å². The summed E-state index contributed by atoms with van der Waals surface area (Å²) in [7, 11) is 0. The van der Waals surface area contributed by atoms with Crippen molar-refractivity contribution in [3.05, 3.63) is 102 Å². The molecule has 1 amide bonds. The Morgan fingerprint density at radius 1 is 0.848 bits per heavy atom. The second kappa shape index (κ2) is 11.0. The average molecular weight is 442 g/mol. The SMILES string of the molecule is CC(=O)c1cccc(NC(=O)C(c2ccccc2)N2CCCN(Cc3ccccc3)CC2)c1. The van der Waals surface area contributed by atoms with E-state index in [2.05, 4.69) is 39.4 Å². The predicted molar refractivity (Wildman–Crippen MR) is 132 cm³/mol. The Morgan fingerprint density at radius 2 is 1.58 bits per heavy atom. The summed E-state index contributed by atoms with van der Waals surface area (Å²) in [5, 5.41) is 3.06. The zero-order valence-corrected chi connectivity index (χ0v) is 19.1. The largest absolute Gasteiger partial charge is 0.324 e. The standard InChI is InChI=1S/C28H31N3O2/c1-22(32)25-14-8-15-26(20-25)29-28(33)27(24-12-6-3-7-13-24)31-17-9-16-30(18-19-31)21-23-10-4-2-5-11-23/h2-8,10-15,20,27H,9,16-19,21H2,1H3,(H,29,33). The van der Waals surface area contributed by atoms with Crippen molar-refractivity contribution in [1.29, 1.82) is 0 Å². The zero-order valence-electron chi connectivity index (χ0n) is 19.1. The van der Waals surface area contributed by atoms with E-state index >= 15 is 0 Å². The van der Waals surface area contributed by atoms with E-state index in [-0.39, 0.29) is 17.7 Å². The maximum absolute atomic E-state index is 13.5. The average Bonchev–Trinajstić information content (AvgIpc) is 3.06. The van der Waals surface area contributed by atoms with E-state index in [1.165, 1.54) is 12.5 Å². The summed E-state index contributed by atoms with van der Waals surface area (Å²) in [4.78, 5) is 30.0. The van der Waals surface area contributed by atoms with Gasteiger partial charge in [-0.3, -0.25) is 19.4 Å². The van der Waals surface area contributed by atoms with Crippen molar-refractivity contribution in [1.82, 2.24) is 9.80 Å². The van der Waals surface area contributed by atoms with Gasteiger partial charge in [0.05, 0.1) is 0 Å². The number of Topliss-reactive ketones (excluding diaryl/α,β-unsaturated/α-hetero) is 1. The molecule has 33 heavy (non-hydrogen) atoms. The second-order valence-electron chi connectivity index (χ2n) is 8.59. The molecule has 1 atom stereocenters. The number of carbonyl (C=O) groups is 2. The van der Waals surface area contributed by atoms with E-state index in [0.29, 0.717) is 11.3 Å². The fourth-order valence-corrected chi connectivity index (χ4v) is 4.44. The third kappa shape index (κ3) is 6.15. The number of nitrogens with one attached hydrogen (secondary N) is 1. The van der Waals surface area contributed by atoms with Crippen molar-refractivity contribution in [3.63, 3.8) is 0 Å². The van der Waals surface area contributed by atoms with Crippen molar-refractivity contribution in [2.75, 3.05) is 31.5 Å². The van der Waals surface area contributed by atoms with Gasteiger partial charge in [-0.05, 0) is 43.1 Å². The molecule has 3 aromatic carbocycles. The van der Waals surface area contributed by atoms with Gasteiger partial charge >= 0.3 is 0 Å². The molecule has 0 bridgehead atoms. The predicted octanol–water partition coefficient (Wildman–Crippen LogP) is 4.78. The summed E-state index contributed by atoms with van der Waals surface area (Å²) in [6, 6.07) is 27.2. The van der Waals surface area contributed by atoms with Crippen molar-refractivity contribution < 1.29 is 9.59 Å². The van der Waals surface area contributed by atoms with Crippen LogP contribution in [0.2, 0.25) is 0 Å². The van der Waals surface area contributed by atoms with Crippen LogP contribution in [0.25, 0.3) is 0 Å². The van der Waals surface area contributed by atoms with Crippen LogP contribution in [0.4, 0.5) is 5.69 Å². The van der Waals surface area contributed by atoms with Gasteiger partial charge in [-0.15, -0.1) is 0 Å². The molecule has 0 aliphatic carbocycles. The van der Waals surface area contributed by atoms with Gasteiger partial charge in [0.1, 0.15) is 6.04 Å². The number of hydrogen-bond donors (Lipinski definition) is 1. The second-order valence-corrected chi connectivity index (χ2v) is 8.59. The van der Waals surface area contributed by atoms with E-state index in [9.17, 15) is 9.59 Å². The molecular formula is C28H31N3O2. The number of carbonyl (C=O) groups excluding carboxylic acids is 2. The van der Waals surface area contributed by atoms with E-state index < -0.39 is 0 Å². The van der Waals surface area contributed by atoms with E-state index in [4.69, 9.17) is 0 Å². The Bertz CT molecular complexity index is 1070. The lowest BCUT2D eigenvalue weighted by Crippen LogP contribution is -2.39. The molecule has 0 saturated carbocycles. The maximum Gasteiger partial charge on any atom is 0.246 e. The van der Waals surface area contributed by atoms with Crippen LogP contribution < -0.4 is 5.32 Å². The van der Waals surface area contributed by atoms with Crippen LogP contribution in [0.1, 0.15) is 40.9 Å². The maximum atomic E-state index is 13.5. The van der Waals surface area contributed by atoms with Crippen molar-refractivity contribution in [2.45, 2.75) is 25.9 Å². The number of rotatable bonds is 7. The van der Waals surface area contributed by atoms with Gasteiger partial charge in [0, 0.05) is 37.4 Å². The third-order valence-electron chi connectivity index (χ3n) is 6.14. The fraction of sp³-hybridized carbons (Fsp3) is 0.286. The summed E-state index contributed by atoms with van der Waals surface area (Å²) < 4.78 is 0. The fourth-order valence-electron chi connectivity index (χ4n) is 4.44. The van der Waals surface area contributed by atoms with E-state index in [0.717, 1.165) is 44.7 Å². The number of benzene rings is 3. The molecule has 170 valence electrons. The smallest absolute Gasteiger partial charge is 0.246 e. The van der Waals surface area contributed by atoms with Gasteiger partial charge in [0.15, 0.2) is 5.78 Å². The molecule has 1 saturated heterocycles. The highest BCUT2D eigenvalue weighted by Gasteiger charge is 2.29. The normalized spacial score (nSPS) is 16.0. The van der Waals surface area contributed by atoms with Gasteiger partial charge in [0.2, 0.25) is 5.91 Å². The van der Waals surface area contributed by atoms with Gasteiger partial charge in [0.25, 0.3) is 0 Å². The van der Waals surface area contributed by atoms with Crippen LogP contribution in [0.5, 0.6) is 0 Å². The van der Waals surface area contributed by atoms with E-state index in [1.807, 2.05) is 42.5 Å². The minimum Gasteiger partial charge on any atom is -0.324 e. The van der Waals surface area contributed by atoms with Crippen molar-refractivity contribution >= 4 is 17.4 Å². The molecule has 1 aliphatic heterocycles. The lowest BCUT2D eigenvalue weighted by atomic mass is 10.0. The van der Waals surface area contributed by atoms with Crippen LogP contribution in [0.15, 0.2) is 84.9 Å². The molecule has 1 aliphatic rings. The molecule has 1 N–H and O–H groups in total. The summed E-state index contributed by atoms with van der Waals surface area (Å²) in [5.41, 5.74) is 3.53. The van der Waals surface area contributed by atoms with Crippen molar-refractivity contribution in [3.8, 4) is 0 Å². The first-order valence-electron chi connectivity index (χ1n) is 11.6. The first-order chi connectivity index (χ1) is 16.1. The first-order valence-corrected chi connectivity index (χ1v) is 11.6. The highest BCUT2D eigenvalue weighted by molar-refractivity contribution is 5.98. The molecule has 1 fully saturated rings. The highest BCUT2D eigenvalue weighted by atomic mass is 16.2. The lowest BCUT2D eigenvalue weighted by molar-refractivity contribution is -0.121. The monoisotopic (exact) mass is 441 g/mol. The van der Waals surface area contributed by atoms with Gasteiger partial charge in [-0.2, -0.15) is 0 Å². The molecule has 4 rings (SSSR count). The Morgan fingerprint density at radius 3 is 2.30 bits per heavy atom. The van der Waals surface area contributed by atoms with Crippen LogP contribution in [0.3, 0.4) is 0 Å². The van der Waals surface area contributed by atoms with Crippen LogP contribution in [0, 0.1) is 0 Å². The highest BCUT2D eigenvalue weighted by Crippen LogP contribution is 2.25. The summed E-state index contributed by atoms with van der Waals surface area (Å²) in [5.74, 6) is -0.0878. The number of anilines is 1. The summed E-state index contributed by atoms with van der Waals surface area (Å²) in [6.07, 6.45) is 1.00. The summed E-state index contributed by atoms with van der Waals surface area (Å²) in [6.45, 7) is 6.04. The Balaban J connectivity index is 1.50. The minimum absolute atomic E-state index is 0.0169. The molecule has 1 unspecified atom stereocenters. The Kier molecular flexibility index (Phi) is 7.66. The van der Waals surface area contributed by atoms with Gasteiger partial charge in [-0.1, -0.05) is 72.8 Å². The Labute approximate surface area is 196 Å². The number of amides is 1. The number of ketones is 1.